The molecule has 3 heterocycles. The zero-order valence-corrected chi connectivity index (χ0v) is 36.0. The minimum absolute atomic E-state index is 0.0671. The molecule has 11 N–H and O–H groups in total. The van der Waals surface area contributed by atoms with Crippen LogP contribution in [0.1, 0.15) is 71.9 Å². The van der Waals surface area contributed by atoms with E-state index in [0.29, 0.717) is 12.1 Å². The summed E-state index contributed by atoms with van der Waals surface area (Å²) in [4.78, 5) is 71.0. The molecule has 0 bridgehead atoms. The van der Waals surface area contributed by atoms with Crippen molar-refractivity contribution in [1.82, 2.24) is 20.6 Å². The van der Waals surface area contributed by atoms with E-state index in [9.17, 15) is 53.1 Å². The number of anilines is 1. The molecule has 1 aliphatic rings. The van der Waals surface area contributed by atoms with Gasteiger partial charge in [0.25, 0.3) is 0 Å². The molecule has 3 rings (SSSR count). The van der Waals surface area contributed by atoms with E-state index < -0.39 is 78.6 Å². The second-order valence-electron chi connectivity index (χ2n) is 13.7. The summed E-state index contributed by atoms with van der Waals surface area (Å²) in [6.07, 6.45) is 1.30. The Labute approximate surface area is 337 Å². The van der Waals surface area contributed by atoms with Crippen molar-refractivity contribution in [3.8, 4) is 0 Å². The number of aliphatic hydroxyl groups is 2. The lowest BCUT2D eigenvalue weighted by molar-refractivity contribution is -0.745. The normalized spacial score (nSPS) is 21.6. The molecule has 326 valence electrons. The van der Waals surface area contributed by atoms with Crippen molar-refractivity contribution in [3.05, 3.63) is 18.6 Å². The molecule has 0 aliphatic carbocycles. The highest BCUT2D eigenvalue weighted by molar-refractivity contribution is 8.76. The summed E-state index contributed by atoms with van der Waals surface area (Å²) >= 11 is 0. The van der Waals surface area contributed by atoms with E-state index in [0.717, 1.165) is 17.9 Å². The number of pyridine rings is 1. The summed E-state index contributed by atoms with van der Waals surface area (Å²) in [5.74, 6) is 0.543. The standard InChI is InChI=1S/C30H53N6O16P3S2/c1-4-5-6-7-8-9-15-56-57-16-14-32-22(37)11-13-34-28(40)26(39)30(2,3)18-49-55(46,47)52-54(44,45)48-17-21-25(51-53(41,42)43)24(38)29(50-21)36-19-35-23-20(31)10-12-33-27(23)36/h10,12,19,21,24-26,29,38-39H,4-9,11,13-18H2,1-3H3,(H8,31,32,33,34,37,40,41,42,43,44,45,46,47)/p+1/t21-,24?,25+,26-,29-/m1/s1. The molecular weight excluding hydrogens is 857 g/mol. The van der Waals surface area contributed by atoms with Crippen LogP contribution >= 0.6 is 45.1 Å². The van der Waals surface area contributed by atoms with Crippen molar-refractivity contribution in [3.63, 3.8) is 0 Å². The van der Waals surface area contributed by atoms with Crippen LogP contribution in [0.5, 0.6) is 0 Å². The van der Waals surface area contributed by atoms with Gasteiger partial charge in [-0.2, -0.15) is 4.31 Å². The van der Waals surface area contributed by atoms with Crippen LogP contribution in [0, 0.1) is 5.41 Å². The Hall–Kier alpha value is -1.69. The van der Waals surface area contributed by atoms with Gasteiger partial charge in [0, 0.05) is 36.4 Å². The lowest BCUT2D eigenvalue weighted by atomic mass is 9.87. The van der Waals surface area contributed by atoms with Gasteiger partial charge in [-0.15, -0.1) is 4.98 Å². The van der Waals surface area contributed by atoms with E-state index in [1.165, 1.54) is 69.1 Å². The van der Waals surface area contributed by atoms with Crippen molar-refractivity contribution in [2.45, 2.75) is 96.4 Å². The molecule has 22 nitrogen and oxygen atoms in total. The van der Waals surface area contributed by atoms with Crippen molar-refractivity contribution in [2.24, 2.45) is 5.41 Å². The molecule has 3 unspecified atom stereocenters. The van der Waals surface area contributed by atoms with Crippen LogP contribution in [-0.2, 0) is 45.9 Å². The minimum atomic E-state index is -5.53. The molecule has 1 aliphatic heterocycles. The first-order chi connectivity index (χ1) is 26.7. The topological polar surface area (TPSA) is 336 Å². The van der Waals surface area contributed by atoms with Gasteiger partial charge < -0.3 is 50.9 Å². The average Bonchev–Trinajstić information content (AvgIpc) is 3.68. The number of nitrogens with two attached hydrogens (primary N) is 1. The fourth-order valence-corrected chi connectivity index (χ4v) is 10.3. The minimum Gasteiger partial charge on any atom is -0.396 e. The summed E-state index contributed by atoms with van der Waals surface area (Å²) in [5, 5.41) is 26.7. The lowest BCUT2D eigenvalue weighted by Gasteiger charge is -2.30. The second-order valence-corrected chi connectivity index (χ2v) is 20.6. The summed E-state index contributed by atoms with van der Waals surface area (Å²) < 4.78 is 62.5. The van der Waals surface area contributed by atoms with Gasteiger partial charge in [-0.05, 0) is 12.5 Å². The number of rotatable bonds is 27. The first-order valence-corrected chi connectivity index (χ1v) is 25.0. The number of nitrogens with one attached hydrogen (secondary N) is 3. The zero-order chi connectivity index (χ0) is 42.4. The van der Waals surface area contributed by atoms with E-state index >= 15 is 0 Å². The molecule has 0 radical (unpaired) electrons. The molecular formula is C30H54N6O16P3S2+. The van der Waals surface area contributed by atoms with E-state index in [1.807, 2.05) is 0 Å². The van der Waals surface area contributed by atoms with Gasteiger partial charge in [0.2, 0.25) is 18.0 Å². The maximum absolute atomic E-state index is 12.7. The number of nitrogens with zero attached hydrogens (tertiary/aromatic N) is 2. The molecule has 2 aromatic heterocycles. The number of hydrogen-bond donors (Lipinski definition) is 10. The number of ether oxygens (including phenoxy) is 1. The molecule has 2 aromatic rings. The molecule has 7 atom stereocenters. The van der Waals surface area contributed by atoms with Crippen LogP contribution in [0.2, 0.25) is 0 Å². The Kier molecular flexibility index (Phi) is 19.9. The van der Waals surface area contributed by atoms with Crippen LogP contribution < -0.4 is 20.9 Å². The Bertz CT molecular complexity index is 1760. The highest BCUT2D eigenvalue weighted by Crippen LogP contribution is 2.61. The monoisotopic (exact) mass is 911 g/mol. The Balaban J connectivity index is 1.43. The van der Waals surface area contributed by atoms with Crippen molar-refractivity contribution >= 4 is 73.7 Å². The summed E-state index contributed by atoms with van der Waals surface area (Å²) in [5.41, 5.74) is 5.10. The van der Waals surface area contributed by atoms with Crippen LogP contribution in [0.4, 0.5) is 5.69 Å². The van der Waals surface area contributed by atoms with Gasteiger partial charge in [0.05, 0.1) is 18.9 Å². The first kappa shape index (κ1) is 49.7. The number of H-pyrrole nitrogens is 1. The number of phosphoric ester groups is 3. The summed E-state index contributed by atoms with van der Waals surface area (Å²) in [6.45, 7) is 3.16. The fourth-order valence-electron chi connectivity index (χ4n) is 5.37. The van der Waals surface area contributed by atoms with E-state index in [2.05, 4.69) is 36.4 Å². The summed E-state index contributed by atoms with van der Waals surface area (Å²) in [6, 6.07) is 1.48. The van der Waals surface area contributed by atoms with Gasteiger partial charge >= 0.3 is 29.1 Å². The van der Waals surface area contributed by atoms with Crippen molar-refractivity contribution < 1.29 is 80.3 Å². The molecule has 2 amide bonds. The quantitative estimate of drug-likeness (QED) is 0.0266. The van der Waals surface area contributed by atoms with Crippen LogP contribution in [-0.4, -0.2) is 114 Å². The Morgan fingerprint density at radius 3 is 2.40 bits per heavy atom. The number of phosphoric acid groups is 3. The second kappa shape index (κ2) is 22.8. The largest absolute Gasteiger partial charge is 0.481 e. The third-order valence-corrected chi connectivity index (χ3v) is 14.0. The zero-order valence-electron chi connectivity index (χ0n) is 31.7. The summed E-state index contributed by atoms with van der Waals surface area (Å²) in [7, 11) is -12.8. The molecule has 57 heavy (non-hydrogen) atoms. The molecule has 0 aromatic carbocycles. The van der Waals surface area contributed by atoms with E-state index in [1.54, 1.807) is 21.6 Å². The highest BCUT2D eigenvalue weighted by atomic mass is 33.1. The maximum Gasteiger partial charge on any atom is 0.481 e. The molecule has 1 saturated heterocycles. The van der Waals surface area contributed by atoms with Crippen LogP contribution in [0.3, 0.4) is 0 Å². The number of amides is 2. The molecule has 27 heteroatoms. The third kappa shape index (κ3) is 16.7. The molecule has 0 saturated carbocycles. The fraction of sp³-hybridized carbons (Fsp3) is 0.733. The molecule has 0 spiro atoms. The smallest absolute Gasteiger partial charge is 0.396 e. The van der Waals surface area contributed by atoms with Crippen molar-refractivity contribution in [1.29, 1.82) is 0 Å². The third-order valence-electron chi connectivity index (χ3n) is 8.42. The predicted octanol–water partition coefficient (Wildman–Crippen LogP) is 2.17. The molecule has 1 fully saturated rings. The van der Waals surface area contributed by atoms with Crippen LogP contribution in [0.15, 0.2) is 18.6 Å². The predicted molar refractivity (Wildman–Crippen MR) is 209 cm³/mol. The van der Waals surface area contributed by atoms with Gasteiger partial charge in [-0.3, -0.25) is 28.1 Å². The first-order valence-electron chi connectivity index (χ1n) is 18.0. The van der Waals surface area contributed by atoms with Crippen molar-refractivity contribution in [2.75, 3.05) is 43.5 Å². The number of carbonyl (C=O) groups is 2. The van der Waals surface area contributed by atoms with Gasteiger partial charge in [-0.25, -0.2) is 18.3 Å². The number of carbonyl (C=O) groups excluding carboxylic acids is 2. The van der Waals surface area contributed by atoms with E-state index in [4.69, 9.17) is 19.5 Å². The van der Waals surface area contributed by atoms with Gasteiger partial charge in [0.15, 0.2) is 11.8 Å². The average molecular weight is 912 g/mol. The lowest BCUT2D eigenvalue weighted by Crippen LogP contribution is -2.46. The number of aliphatic hydroxyl groups excluding tert-OH is 2. The number of hydrogen-bond acceptors (Lipinski definition) is 16. The number of fused-ring (bicyclic) bond motifs is 1. The number of imidazole rings is 1. The van der Waals surface area contributed by atoms with Gasteiger partial charge in [-0.1, -0.05) is 74.5 Å². The SMILES string of the molecule is CCCCCCCCSSCCNC(=O)CCNC(=O)[C@@H](O)C(C)(C)COP(=O)(O)OP(=O)(O)OC[C@H]1O[C@@H]([n+]2c[nH]c3c(N)ccnc32)C(O)[C@H]1OP(=O)(O)O. The number of aromatic nitrogens is 3. The maximum atomic E-state index is 12.7. The number of aromatic amines is 1. The van der Waals surface area contributed by atoms with Crippen LogP contribution in [0.25, 0.3) is 11.2 Å². The Morgan fingerprint density at radius 1 is 1.04 bits per heavy atom. The number of nitrogen functional groups attached to an aromatic ring is 1. The van der Waals surface area contributed by atoms with E-state index in [-0.39, 0.29) is 30.2 Å². The Morgan fingerprint density at radius 2 is 1.70 bits per heavy atom. The number of unbranched alkanes of at least 4 members (excludes halogenated alkanes) is 5. The highest BCUT2D eigenvalue weighted by Gasteiger charge is 2.52. The van der Waals surface area contributed by atoms with Gasteiger partial charge in [0.1, 0.15) is 30.6 Å².